The lowest BCUT2D eigenvalue weighted by atomic mass is 10.0. The number of nitrogens with two attached hydrogens (primary N) is 1. The molecule has 35 heavy (non-hydrogen) atoms. The molecule has 0 fully saturated rings. The molecular formula is C27H24N4O4. The number of hydrogen-bond acceptors (Lipinski definition) is 6. The fraction of sp³-hybridized carbons (Fsp3) is 0.111. The number of azo groups is 1. The zero-order valence-corrected chi connectivity index (χ0v) is 19.5. The Morgan fingerprint density at radius 3 is 2.43 bits per heavy atom. The Kier molecular flexibility index (Phi) is 6.46. The van der Waals surface area contributed by atoms with Gasteiger partial charge >= 0.3 is 0 Å². The van der Waals surface area contributed by atoms with E-state index in [9.17, 15) is 14.7 Å². The van der Waals surface area contributed by atoms with Crippen molar-refractivity contribution in [3.63, 3.8) is 0 Å². The molecule has 4 aromatic rings. The minimum Gasteiger partial charge on any atom is -0.505 e. The summed E-state index contributed by atoms with van der Waals surface area (Å²) in [7, 11) is 1.57. The van der Waals surface area contributed by atoms with Gasteiger partial charge in [-0.3, -0.25) is 9.59 Å². The number of nitrogens with zero attached hydrogens (tertiary/aromatic N) is 2. The number of primary amides is 1. The smallest absolute Gasteiger partial charge is 0.259 e. The summed E-state index contributed by atoms with van der Waals surface area (Å²) in [5.41, 5.74) is 8.46. The molecule has 176 valence electrons. The Bertz CT molecular complexity index is 1490. The van der Waals surface area contributed by atoms with E-state index in [0.717, 1.165) is 11.1 Å². The highest BCUT2D eigenvalue weighted by Crippen LogP contribution is 2.40. The van der Waals surface area contributed by atoms with E-state index in [1.54, 1.807) is 55.6 Å². The van der Waals surface area contributed by atoms with Crippen LogP contribution in [0.25, 0.3) is 10.8 Å². The molecule has 0 aromatic heterocycles. The van der Waals surface area contributed by atoms with Gasteiger partial charge in [0.2, 0.25) is 5.91 Å². The largest absolute Gasteiger partial charge is 0.505 e. The van der Waals surface area contributed by atoms with Gasteiger partial charge in [-0.15, -0.1) is 5.11 Å². The molecule has 4 rings (SSSR count). The number of fused-ring (bicyclic) bond motifs is 1. The van der Waals surface area contributed by atoms with Gasteiger partial charge in [0.1, 0.15) is 11.4 Å². The van der Waals surface area contributed by atoms with Crippen LogP contribution in [0, 0.1) is 13.8 Å². The van der Waals surface area contributed by atoms with Gasteiger partial charge in [0.05, 0.1) is 18.4 Å². The maximum absolute atomic E-state index is 13.2. The minimum atomic E-state index is -0.581. The molecule has 0 heterocycles. The summed E-state index contributed by atoms with van der Waals surface area (Å²) in [6.07, 6.45) is 0. The van der Waals surface area contributed by atoms with Gasteiger partial charge in [-0.05, 0) is 66.8 Å². The molecule has 0 aliphatic heterocycles. The number of ether oxygens (including phenoxy) is 1. The van der Waals surface area contributed by atoms with Crippen LogP contribution in [0.3, 0.4) is 0 Å². The first-order chi connectivity index (χ1) is 16.8. The summed E-state index contributed by atoms with van der Waals surface area (Å²) in [6.45, 7) is 3.67. The molecule has 4 aromatic carbocycles. The van der Waals surface area contributed by atoms with Gasteiger partial charge in [0, 0.05) is 16.6 Å². The molecule has 2 amide bonds. The molecular weight excluding hydrogens is 444 g/mol. The van der Waals surface area contributed by atoms with Gasteiger partial charge in [0.25, 0.3) is 5.91 Å². The van der Waals surface area contributed by atoms with Crippen LogP contribution in [0.1, 0.15) is 31.8 Å². The second-order valence-electron chi connectivity index (χ2n) is 8.04. The highest BCUT2D eigenvalue weighted by Gasteiger charge is 2.19. The first kappa shape index (κ1) is 23.4. The van der Waals surface area contributed by atoms with Gasteiger partial charge in [0.15, 0.2) is 5.75 Å². The van der Waals surface area contributed by atoms with Crippen molar-refractivity contribution in [2.45, 2.75) is 13.8 Å². The van der Waals surface area contributed by atoms with E-state index in [2.05, 4.69) is 15.5 Å². The van der Waals surface area contributed by atoms with Crippen molar-refractivity contribution < 1.29 is 19.4 Å². The van der Waals surface area contributed by atoms with E-state index >= 15 is 0 Å². The fourth-order valence-electron chi connectivity index (χ4n) is 3.66. The third-order valence-electron chi connectivity index (χ3n) is 5.67. The van der Waals surface area contributed by atoms with Crippen molar-refractivity contribution >= 4 is 39.6 Å². The van der Waals surface area contributed by atoms with E-state index in [4.69, 9.17) is 10.5 Å². The molecule has 8 nitrogen and oxygen atoms in total. The normalized spacial score (nSPS) is 11.1. The van der Waals surface area contributed by atoms with Crippen LogP contribution < -0.4 is 15.8 Å². The lowest BCUT2D eigenvalue weighted by Crippen LogP contribution is -2.13. The maximum Gasteiger partial charge on any atom is 0.259 e. The number of rotatable bonds is 6. The van der Waals surface area contributed by atoms with E-state index in [-0.39, 0.29) is 17.0 Å². The Hall–Kier alpha value is -4.72. The Labute approximate surface area is 202 Å². The van der Waals surface area contributed by atoms with Crippen LogP contribution in [0.15, 0.2) is 77.0 Å². The average Bonchev–Trinajstić information content (AvgIpc) is 2.85. The summed E-state index contributed by atoms with van der Waals surface area (Å²) in [6, 6.07) is 19.0. The highest BCUT2D eigenvalue weighted by molar-refractivity contribution is 6.12. The fourth-order valence-corrected chi connectivity index (χ4v) is 3.66. The first-order valence-corrected chi connectivity index (χ1v) is 10.8. The predicted molar refractivity (Wildman–Crippen MR) is 135 cm³/mol. The number of aromatic hydroxyl groups is 1. The molecule has 0 saturated carbocycles. The SMILES string of the molecule is COc1ccc(NC(=O)c2cc3ccccc3c(N=Nc3cc(C(N)=O)ccc3C)c2O)c(C)c1. The average molecular weight is 469 g/mol. The summed E-state index contributed by atoms with van der Waals surface area (Å²) >= 11 is 0. The highest BCUT2D eigenvalue weighted by atomic mass is 16.5. The lowest BCUT2D eigenvalue weighted by Gasteiger charge is -2.13. The number of hydrogen-bond donors (Lipinski definition) is 3. The number of phenolic OH excluding ortho intramolecular Hbond substituents is 1. The third kappa shape index (κ3) is 4.81. The van der Waals surface area contributed by atoms with Crippen LogP contribution in [-0.4, -0.2) is 24.0 Å². The van der Waals surface area contributed by atoms with Crippen LogP contribution in [0.5, 0.6) is 11.5 Å². The van der Waals surface area contributed by atoms with Crippen LogP contribution in [0.4, 0.5) is 17.1 Å². The number of aryl methyl sites for hydroxylation is 2. The summed E-state index contributed by atoms with van der Waals surface area (Å²) in [5, 5.41) is 23.8. The Morgan fingerprint density at radius 1 is 0.943 bits per heavy atom. The van der Waals surface area contributed by atoms with Gasteiger partial charge in [-0.2, -0.15) is 5.11 Å². The quantitative estimate of drug-likeness (QED) is 0.303. The first-order valence-electron chi connectivity index (χ1n) is 10.8. The molecule has 0 aliphatic carbocycles. The predicted octanol–water partition coefficient (Wildman–Crippen LogP) is 5.94. The van der Waals surface area contributed by atoms with E-state index in [1.807, 2.05) is 26.0 Å². The van der Waals surface area contributed by atoms with E-state index < -0.39 is 11.8 Å². The van der Waals surface area contributed by atoms with Crippen molar-refractivity contribution in [1.29, 1.82) is 0 Å². The lowest BCUT2D eigenvalue weighted by molar-refractivity contribution is 0.0997. The molecule has 0 bridgehead atoms. The van der Waals surface area contributed by atoms with Gasteiger partial charge < -0.3 is 20.9 Å². The molecule has 0 unspecified atom stereocenters. The minimum absolute atomic E-state index is 0.0514. The summed E-state index contributed by atoms with van der Waals surface area (Å²) < 4.78 is 5.21. The van der Waals surface area contributed by atoms with Crippen molar-refractivity contribution in [3.8, 4) is 11.5 Å². The molecule has 0 spiro atoms. The Morgan fingerprint density at radius 2 is 1.71 bits per heavy atom. The molecule has 0 radical (unpaired) electrons. The second kappa shape index (κ2) is 9.64. The van der Waals surface area contributed by atoms with Crippen LogP contribution >= 0.6 is 0 Å². The Balaban J connectivity index is 1.77. The molecule has 4 N–H and O–H groups in total. The van der Waals surface area contributed by atoms with E-state index in [1.165, 1.54) is 6.07 Å². The zero-order valence-electron chi connectivity index (χ0n) is 19.5. The number of methoxy groups -OCH3 is 1. The van der Waals surface area contributed by atoms with Crippen molar-refractivity contribution in [1.82, 2.24) is 0 Å². The number of carbonyl (C=O) groups excluding carboxylic acids is 2. The maximum atomic E-state index is 13.2. The molecule has 0 atom stereocenters. The second-order valence-corrected chi connectivity index (χ2v) is 8.04. The number of anilines is 1. The molecule has 0 saturated heterocycles. The number of phenols is 1. The summed E-state index contributed by atoms with van der Waals surface area (Å²) in [4.78, 5) is 24.7. The monoisotopic (exact) mass is 468 g/mol. The van der Waals surface area contributed by atoms with Crippen LogP contribution in [0.2, 0.25) is 0 Å². The molecule has 0 aliphatic rings. The van der Waals surface area contributed by atoms with Crippen molar-refractivity contribution in [3.05, 3.63) is 89.0 Å². The summed E-state index contributed by atoms with van der Waals surface area (Å²) in [5.74, 6) is -0.709. The number of carbonyl (C=O) groups is 2. The zero-order chi connectivity index (χ0) is 25.1. The third-order valence-corrected chi connectivity index (χ3v) is 5.67. The van der Waals surface area contributed by atoms with Gasteiger partial charge in [-0.25, -0.2) is 0 Å². The van der Waals surface area contributed by atoms with E-state index in [0.29, 0.717) is 33.5 Å². The van der Waals surface area contributed by atoms with Crippen molar-refractivity contribution in [2.24, 2.45) is 16.0 Å². The van der Waals surface area contributed by atoms with Gasteiger partial charge in [-0.1, -0.05) is 30.3 Å². The number of nitrogens with one attached hydrogen (secondary N) is 1. The van der Waals surface area contributed by atoms with Crippen LogP contribution in [-0.2, 0) is 0 Å². The topological polar surface area (TPSA) is 126 Å². The standard InChI is InChI=1S/C27H24N4O4/c1-15-8-9-18(26(28)33)14-23(15)30-31-24-20-7-5-4-6-17(20)13-21(25(24)32)27(34)29-22-11-10-19(35-3)12-16(22)2/h4-14,32H,1-3H3,(H2,28,33)(H,29,34). The number of benzene rings is 4. The molecule has 8 heteroatoms. The number of amides is 2. The van der Waals surface area contributed by atoms with Crippen molar-refractivity contribution in [2.75, 3.05) is 12.4 Å².